The highest BCUT2D eigenvalue weighted by atomic mass is 16.5. The quantitative estimate of drug-likeness (QED) is 0.745. The number of carbonyl (C=O) groups excluding carboxylic acids is 2. The maximum atomic E-state index is 13.1. The van der Waals surface area contributed by atoms with E-state index < -0.39 is 23.5 Å². The van der Waals surface area contributed by atoms with Gasteiger partial charge in [0.15, 0.2) is 0 Å². The van der Waals surface area contributed by atoms with Crippen LogP contribution in [0.25, 0.3) is 0 Å². The first kappa shape index (κ1) is 19.7. The number of hydrogen-bond acceptors (Lipinski definition) is 4. The number of hydrogen-bond donors (Lipinski definition) is 2. The van der Waals surface area contributed by atoms with Gasteiger partial charge in [-0.1, -0.05) is 34.6 Å². The molecule has 0 bridgehead atoms. The van der Waals surface area contributed by atoms with Crippen molar-refractivity contribution in [2.45, 2.75) is 53.6 Å². The Balaban J connectivity index is 2.17. The molecular formula is C18H30N2O5. The van der Waals surface area contributed by atoms with E-state index in [4.69, 9.17) is 4.74 Å². The fraction of sp³-hybridized carbons (Fsp3) is 0.833. The summed E-state index contributed by atoms with van der Waals surface area (Å²) in [4.78, 5) is 38.4. The van der Waals surface area contributed by atoms with Crippen LogP contribution < -0.4 is 5.32 Å². The number of amides is 2. The highest BCUT2D eigenvalue weighted by molar-refractivity contribution is 5.92. The molecule has 7 heteroatoms. The summed E-state index contributed by atoms with van der Waals surface area (Å²) in [6, 6.07) is -1.61. The first-order valence-electron chi connectivity index (χ1n) is 8.83. The van der Waals surface area contributed by atoms with Crippen LogP contribution in [0.15, 0.2) is 0 Å². The first-order valence-corrected chi connectivity index (χ1v) is 8.83. The molecule has 0 unspecified atom stereocenters. The lowest BCUT2D eigenvalue weighted by atomic mass is 9.85. The van der Waals surface area contributed by atoms with Gasteiger partial charge in [0.25, 0.3) is 0 Å². The van der Waals surface area contributed by atoms with Crippen molar-refractivity contribution in [1.82, 2.24) is 10.2 Å². The number of carbonyl (C=O) groups is 3. The molecule has 4 atom stereocenters. The molecule has 2 fully saturated rings. The number of fused-ring (bicyclic) bond motifs is 1. The zero-order chi connectivity index (χ0) is 19.2. The minimum atomic E-state index is -0.972. The van der Waals surface area contributed by atoms with Crippen LogP contribution in [-0.2, 0) is 19.1 Å². The third-order valence-electron chi connectivity index (χ3n) is 5.60. The van der Waals surface area contributed by atoms with E-state index in [1.807, 2.05) is 34.6 Å². The molecule has 0 aromatic carbocycles. The lowest BCUT2D eigenvalue weighted by Gasteiger charge is -2.36. The molecule has 2 N–H and O–H groups in total. The van der Waals surface area contributed by atoms with Gasteiger partial charge in [0.2, 0.25) is 11.8 Å². The van der Waals surface area contributed by atoms with Crippen molar-refractivity contribution in [3.05, 3.63) is 0 Å². The summed E-state index contributed by atoms with van der Waals surface area (Å²) in [6.45, 7) is 12.2. The third-order valence-corrected chi connectivity index (χ3v) is 5.60. The molecule has 0 spiro atoms. The van der Waals surface area contributed by atoms with Gasteiger partial charge < -0.3 is 20.1 Å². The molecule has 0 aromatic heterocycles. The largest absolute Gasteiger partial charge is 0.480 e. The fourth-order valence-corrected chi connectivity index (χ4v) is 4.01. The summed E-state index contributed by atoms with van der Waals surface area (Å²) in [6.07, 6.45) is 0. The molecule has 1 saturated heterocycles. The molecule has 142 valence electrons. The number of likely N-dealkylation sites (tertiary alicyclic amines) is 1. The van der Waals surface area contributed by atoms with Gasteiger partial charge >= 0.3 is 5.97 Å². The van der Waals surface area contributed by atoms with Gasteiger partial charge in [-0.25, -0.2) is 4.79 Å². The molecule has 1 heterocycles. The number of ether oxygens (including phenoxy) is 1. The van der Waals surface area contributed by atoms with Crippen LogP contribution in [0.2, 0.25) is 0 Å². The molecule has 2 amide bonds. The highest BCUT2D eigenvalue weighted by Gasteiger charge is 2.70. The van der Waals surface area contributed by atoms with E-state index in [1.54, 1.807) is 6.92 Å². The number of rotatable bonds is 6. The number of nitrogens with one attached hydrogen (secondary N) is 1. The number of nitrogens with zero attached hydrogens (tertiary/aromatic N) is 1. The van der Waals surface area contributed by atoms with Crippen molar-refractivity contribution < 1.29 is 24.2 Å². The topological polar surface area (TPSA) is 95.9 Å². The maximum absolute atomic E-state index is 13.1. The lowest BCUT2D eigenvalue weighted by molar-refractivity contribution is -0.153. The van der Waals surface area contributed by atoms with Gasteiger partial charge in [-0.3, -0.25) is 9.59 Å². The molecule has 0 radical (unpaired) electrons. The van der Waals surface area contributed by atoms with Gasteiger partial charge in [0, 0.05) is 19.1 Å². The molecule has 2 aliphatic rings. The van der Waals surface area contributed by atoms with E-state index in [-0.39, 0.29) is 35.7 Å². The van der Waals surface area contributed by atoms with Crippen molar-refractivity contribution in [2.75, 3.05) is 19.8 Å². The Kier molecular flexibility index (Phi) is 5.19. The van der Waals surface area contributed by atoms with Crippen LogP contribution in [0.3, 0.4) is 0 Å². The molecule has 7 nitrogen and oxygen atoms in total. The number of carboxylic acid groups (broad SMARTS) is 1. The summed E-state index contributed by atoms with van der Waals surface area (Å²) in [5, 5.41) is 12.4. The smallest absolute Gasteiger partial charge is 0.326 e. The second kappa shape index (κ2) is 6.59. The van der Waals surface area contributed by atoms with Crippen LogP contribution in [0.5, 0.6) is 0 Å². The Labute approximate surface area is 149 Å². The van der Waals surface area contributed by atoms with Gasteiger partial charge in [0.1, 0.15) is 18.7 Å². The van der Waals surface area contributed by atoms with E-state index in [2.05, 4.69) is 5.32 Å². The Morgan fingerprint density at radius 3 is 2.40 bits per heavy atom. The number of carboxylic acids is 1. The minimum Gasteiger partial charge on any atom is -0.480 e. The van der Waals surface area contributed by atoms with E-state index >= 15 is 0 Å². The maximum Gasteiger partial charge on any atom is 0.326 e. The Bertz CT molecular complexity index is 566. The summed E-state index contributed by atoms with van der Waals surface area (Å²) in [5.74, 6) is -1.48. The summed E-state index contributed by atoms with van der Waals surface area (Å²) in [5.41, 5.74) is -0.584. The zero-order valence-electron chi connectivity index (χ0n) is 16.0. The van der Waals surface area contributed by atoms with Crippen molar-refractivity contribution in [1.29, 1.82) is 0 Å². The molecule has 1 saturated carbocycles. The van der Waals surface area contributed by atoms with Gasteiger partial charge in [-0.05, 0) is 23.7 Å². The monoisotopic (exact) mass is 354 g/mol. The van der Waals surface area contributed by atoms with E-state index in [9.17, 15) is 19.5 Å². The van der Waals surface area contributed by atoms with E-state index in [0.717, 1.165) is 0 Å². The van der Waals surface area contributed by atoms with Crippen molar-refractivity contribution in [2.24, 2.45) is 22.7 Å². The van der Waals surface area contributed by atoms with Crippen LogP contribution >= 0.6 is 0 Å². The van der Waals surface area contributed by atoms with Crippen LogP contribution in [0, 0.1) is 22.7 Å². The predicted molar refractivity (Wildman–Crippen MR) is 91.8 cm³/mol. The normalized spacial score (nSPS) is 28.2. The number of piperidine rings is 1. The molecular weight excluding hydrogens is 324 g/mol. The van der Waals surface area contributed by atoms with Crippen molar-refractivity contribution in [3.63, 3.8) is 0 Å². The zero-order valence-corrected chi connectivity index (χ0v) is 16.0. The second-order valence-corrected chi connectivity index (χ2v) is 8.73. The number of aliphatic carboxylic acids is 1. The molecule has 0 aromatic rings. The first-order chi connectivity index (χ1) is 11.4. The van der Waals surface area contributed by atoms with Crippen LogP contribution in [-0.4, -0.2) is 59.6 Å². The van der Waals surface area contributed by atoms with Crippen LogP contribution in [0.1, 0.15) is 41.5 Å². The predicted octanol–water partition coefficient (Wildman–Crippen LogP) is 1.12. The summed E-state index contributed by atoms with van der Waals surface area (Å²) in [7, 11) is 0. The Morgan fingerprint density at radius 1 is 1.32 bits per heavy atom. The highest BCUT2D eigenvalue weighted by Crippen LogP contribution is 2.64. The van der Waals surface area contributed by atoms with E-state index in [1.165, 1.54) is 4.90 Å². The lowest BCUT2D eigenvalue weighted by Crippen LogP contribution is -2.58. The molecule has 25 heavy (non-hydrogen) atoms. The molecule has 1 aliphatic heterocycles. The summed E-state index contributed by atoms with van der Waals surface area (Å²) >= 11 is 0. The van der Waals surface area contributed by atoms with E-state index in [0.29, 0.717) is 13.2 Å². The molecule has 2 rings (SSSR count). The third kappa shape index (κ3) is 3.66. The van der Waals surface area contributed by atoms with Crippen molar-refractivity contribution in [3.8, 4) is 0 Å². The van der Waals surface area contributed by atoms with Crippen molar-refractivity contribution >= 4 is 17.8 Å². The van der Waals surface area contributed by atoms with Gasteiger partial charge in [0.05, 0.1) is 0 Å². The minimum absolute atomic E-state index is 0.0197. The summed E-state index contributed by atoms with van der Waals surface area (Å²) < 4.78 is 5.09. The molecule has 1 aliphatic carbocycles. The van der Waals surface area contributed by atoms with Gasteiger partial charge in [-0.2, -0.15) is 0 Å². The Hall–Kier alpha value is -1.63. The van der Waals surface area contributed by atoms with Crippen LogP contribution in [0.4, 0.5) is 0 Å². The average Bonchev–Trinajstić information content (AvgIpc) is 2.87. The Morgan fingerprint density at radius 2 is 1.92 bits per heavy atom. The SMILES string of the molecule is CCOCC(=O)N[C@H](C(=O)N1C[C@H]2[C@@H]([C@H]1C(=O)O)C2(C)C)C(C)(C)C. The fourth-order valence-electron chi connectivity index (χ4n) is 4.01. The second-order valence-electron chi connectivity index (χ2n) is 8.73. The standard InChI is InChI=1S/C18H30N2O5/c1-7-25-9-11(21)19-14(17(2,3)4)15(22)20-8-10-12(18(10,5)6)13(20)16(23)24/h10,12-14H,7-9H2,1-6H3,(H,19,21)(H,23,24)/t10-,12-,13-,14+/m0/s1. The van der Waals surface area contributed by atoms with Gasteiger partial charge in [-0.15, -0.1) is 0 Å². The average molecular weight is 354 g/mol.